The molecule has 5 heteroatoms. The van der Waals surface area contributed by atoms with Crippen molar-refractivity contribution in [2.75, 3.05) is 4.90 Å². The van der Waals surface area contributed by atoms with Gasteiger partial charge in [-0.2, -0.15) is 0 Å². The van der Waals surface area contributed by atoms with E-state index < -0.39 is 5.97 Å². The Labute approximate surface area is 402 Å². The van der Waals surface area contributed by atoms with Crippen molar-refractivity contribution in [2.45, 2.75) is 116 Å². The molecule has 6 aromatic carbocycles. The van der Waals surface area contributed by atoms with E-state index in [9.17, 15) is 9.90 Å². The summed E-state index contributed by atoms with van der Waals surface area (Å²) in [6.07, 6.45) is 15.5. The predicted octanol–water partition coefficient (Wildman–Crippen LogP) is 18.2. The fourth-order valence-electron chi connectivity index (χ4n) is 11.3. The van der Waals surface area contributed by atoms with Gasteiger partial charge >= 0.3 is 5.97 Å². The Hall–Kier alpha value is -6.48. The molecule has 0 amide bonds. The molecular weight excluding hydrogens is 837 g/mol. The minimum Gasteiger partial charge on any atom is -0.486 e. The highest BCUT2D eigenvalue weighted by molar-refractivity contribution is 7.18. The number of thiophene rings is 1. The lowest BCUT2D eigenvalue weighted by Gasteiger charge is -2.35. The molecule has 0 spiro atoms. The van der Waals surface area contributed by atoms with Gasteiger partial charge in [-0.25, -0.2) is 4.85 Å². The number of benzene rings is 6. The second-order valence-electron chi connectivity index (χ2n) is 18.7. The number of carbonyl (C=O) groups is 1. The number of aliphatic carboxylic acids is 1. The van der Waals surface area contributed by atoms with Gasteiger partial charge in [0.15, 0.2) is 0 Å². The third kappa shape index (κ3) is 8.47. The summed E-state index contributed by atoms with van der Waals surface area (Å²) in [5.74, 6) is -1.22. The van der Waals surface area contributed by atoms with Crippen molar-refractivity contribution in [3.8, 4) is 43.1 Å². The van der Waals surface area contributed by atoms with Crippen molar-refractivity contribution >= 4 is 40.4 Å². The fourth-order valence-corrected chi connectivity index (χ4v) is 12.3. The van der Waals surface area contributed by atoms with Gasteiger partial charge in [-0.1, -0.05) is 176 Å². The predicted molar refractivity (Wildman–Crippen MR) is 283 cm³/mol. The second kappa shape index (κ2) is 19.8. The van der Waals surface area contributed by atoms with Crippen molar-refractivity contribution in [3.05, 3.63) is 191 Å². The molecule has 1 heterocycles. The average Bonchev–Trinajstić information content (AvgIpc) is 4.04. The molecule has 0 aliphatic heterocycles. The molecule has 67 heavy (non-hydrogen) atoms. The van der Waals surface area contributed by atoms with Crippen LogP contribution < -0.4 is 4.90 Å². The van der Waals surface area contributed by atoms with Crippen LogP contribution in [0.4, 0.5) is 17.1 Å². The molecule has 2 aliphatic carbocycles. The number of rotatable bonds is 19. The van der Waals surface area contributed by atoms with Gasteiger partial charge < -0.3 is 10.0 Å². The zero-order chi connectivity index (χ0) is 46.5. The number of unbranched alkanes of at least 4 members (excludes halogenated alkanes) is 4. The molecule has 0 fully saturated rings. The first-order valence-electron chi connectivity index (χ1n) is 24.7. The molecule has 2 aliphatic rings. The summed E-state index contributed by atoms with van der Waals surface area (Å²) >= 11 is 1.74. The highest BCUT2D eigenvalue weighted by atomic mass is 32.1. The molecule has 1 N–H and O–H groups in total. The molecular formula is C62H62N2O2S. The lowest BCUT2D eigenvalue weighted by atomic mass is 9.70. The lowest BCUT2D eigenvalue weighted by Crippen LogP contribution is -2.26. The first-order valence-corrected chi connectivity index (χ1v) is 25.5. The number of hydrogen-bond acceptors (Lipinski definition) is 3. The molecule has 7 aromatic rings. The van der Waals surface area contributed by atoms with E-state index in [0.29, 0.717) is 5.56 Å². The average molecular weight is 899 g/mol. The molecule has 0 unspecified atom stereocenters. The Morgan fingerprint density at radius 3 is 1.36 bits per heavy atom. The number of anilines is 3. The van der Waals surface area contributed by atoms with E-state index in [1.807, 2.05) is 24.3 Å². The van der Waals surface area contributed by atoms with E-state index >= 15 is 0 Å². The minimum absolute atomic E-state index is 0.0222. The van der Waals surface area contributed by atoms with Gasteiger partial charge in [-0.05, 0) is 141 Å². The van der Waals surface area contributed by atoms with Crippen LogP contribution in [0.2, 0.25) is 0 Å². The van der Waals surface area contributed by atoms with Gasteiger partial charge in [0, 0.05) is 37.6 Å². The fraction of sp³-hybridized carbons (Fsp3) is 0.290. The Balaban J connectivity index is 1.16. The van der Waals surface area contributed by atoms with Crippen LogP contribution in [0.1, 0.15) is 133 Å². The van der Waals surface area contributed by atoms with E-state index in [1.54, 1.807) is 11.3 Å². The van der Waals surface area contributed by atoms with Crippen LogP contribution in [-0.2, 0) is 15.6 Å². The third-order valence-electron chi connectivity index (χ3n) is 14.7. The van der Waals surface area contributed by atoms with E-state index in [2.05, 4.69) is 159 Å². The highest BCUT2D eigenvalue weighted by Gasteiger charge is 2.44. The summed E-state index contributed by atoms with van der Waals surface area (Å²) in [6, 6.07) is 54.4. The Kier molecular flexibility index (Phi) is 13.5. The van der Waals surface area contributed by atoms with Crippen molar-refractivity contribution < 1.29 is 9.90 Å². The van der Waals surface area contributed by atoms with Crippen molar-refractivity contribution in [2.24, 2.45) is 0 Å². The zero-order valence-electron chi connectivity index (χ0n) is 39.6. The molecule has 0 atom stereocenters. The number of hydrogen-bond donors (Lipinski definition) is 1. The maximum absolute atomic E-state index is 11.4. The summed E-state index contributed by atoms with van der Waals surface area (Å²) in [7, 11) is 0. The van der Waals surface area contributed by atoms with Gasteiger partial charge in [-0.15, -0.1) is 11.3 Å². The van der Waals surface area contributed by atoms with Crippen molar-refractivity contribution in [1.82, 2.24) is 0 Å². The Morgan fingerprint density at radius 2 is 0.940 bits per heavy atom. The summed E-state index contributed by atoms with van der Waals surface area (Å²) in [4.78, 5) is 19.4. The van der Waals surface area contributed by atoms with Crippen LogP contribution in [0, 0.1) is 6.57 Å². The minimum atomic E-state index is -1.22. The highest BCUT2D eigenvalue weighted by Crippen LogP contribution is 2.58. The van der Waals surface area contributed by atoms with Gasteiger partial charge in [0.1, 0.15) is 0 Å². The molecule has 338 valence electrons. The van der Waals surface area contributed by atoms with Crippen LogP contribution in [-0.4, -0.2) is 11.1 Å². The molecule has 1 aromatic heterocycles. The number of carboxylic acids is 1. The molecule has 0 radical (unpaired) electrons. The normalized spacial score (nSPS) is 13.9. The smallest absolute Gasteiger partial charge is 0.333 e. The van der Waals surface area contributed by atoms with E-state index in [0.717, 1.165) is 47.4 Å². The van der Waals surface area contributed by atoms with Crippen LogP contribution in [0.3, 0.4) is 0 Å². The van der Waals surface area contributed by atoms with E-state index in [4.69, 9.17) is 6.57 Å². The first kappa shape index (κ1) is 45.7. The standard InChI is InChI=1S/C62H62N2O2S/c1-6-10-36-61(37-11-7-2)53-20-16-14-18-49(53)51-32-30-47(41-55(51)61)64(48-31-33-52-50-19-15-17-21-54(50)62(38-12-8-3,39-13-9-4)56(52)42-48)46-28-26-45(27-29-46)59-35-34-58(67-59)44-24-22-43(23-25-44)40-57(63-5)60(65)66/h14-35,40-42H,6-13,36-39H2,1-4H3,(H,65,66)/b57-40-. The van der Waals surface area contributed by atoms with Gasteiger partial charge in [0.05, 0.1) is 6.57 Å². The van der Waals surface area contributed by atoms with Crippen LogP contribution in [0.15, 0.2) is 151 Å². The maximum atomic E-state index is 11.4. The van der Waals surface area contributed by atoms with E-state index in [-0.39, 0.29) is 16.5 Å². The van der Waals surface area contributed by atoms with E-state index in [1.165, 1.54) is 118 Å². The van der Waals surface area contributed by atoms with Crippen molar-refractivity contribution in [1.29, 1.82) is 0 Å². The Morgan fingerprint density at radius 1 is 0.537 bits per heavy atom. The first-order chi connectivity index (χ1) is 32.8. The number of fused-ring (bicyclic) bond motifs is 6. The summed E-state index contributed by atoms with van der Waals surface area (Å²) in [6.45, 7) is 16.5. The van der Waals surface area contributed by atoms with Gasteiger partial charge in [0.2, 0.25) is 0 Å². The Bertz CT molecular complexity index is 2830. The summed E-state index contributed by atoms with van der Waals surface area (Å²) in [5.41, 5.74) is 17.6. The SMILES string of the molecule is [C-]#[N+]/C(=C\c1ccc(-c2ccc(-c3ccc(N(c4ccc5c(c4)C(CCCC)(CCCC)c4ccccc4-5)c4ccc5c(c4)C(CCCC)(CCCC)c4ccccc4-5)cc3)s2)cc1)C(=O)O. The largest absolute Gasteiger partial charge is 0.486 e. The van der Waals surface area contributed by atoms with Crippen LogP contribution >= 0.6 is 11.3 Å². The van der Waals surface area contributed by atoms with Gasteiger partial charge in [-0.3, -0.25) is 4.79 Å². The molecule has 9 rings (SSSR count). The quantitative estimate of drug-likeness (QED) is 0.0650. The molecule has 0 saturated carbocycles. The van der Waals surface area contributed by atoms with Crippen LogP contribution in [0.5, 0.6) is 0 Å². The topological polar surface area (TPSA) is 44.9 Å². The van der Waals surface area contributed by atoms with Gasteiger partial charge in [0.25, 0.3) is 5.70 Å². The zero-order valence-corrected chi connectivity index (χ0v) is 40.4. The molecule has 0 saturated heterocycles. The monoisotopic (exact) mass is 898 g/mol. The van der Waals surface area contributed by atoms with Crippen LogP contribution in [0.25, 0.3) is 54.1 Å². The number of nitrogens with zero attached hydrogens (tertiary/aromatic N) is 2. The second-order valence-corrected chi connectivity index (χ2v) is 19.8. The molecule has 4 nitrogen and oxygen atoms in total. The summed E-state index contributed by atoms with van der Waals surface area (Å²) in [5, 5.41) is 9.33. The number of carboxylic acid groups (broad SMARTS) is 1. The summed E-state index contributed by atoms with van der Waals surface area (Å²) < 4.78 is 0. The molecule has 0 bridgehead atoms. The third-order valence-corrected chi connectivity index (χ3v) is 15.9. The van der Waals surface area contributed by atoms with Crippen molar-refractivity contribution in [3.63, 3.8) is 0 Å². The lowest BCUT2D eigenvalue weighted by molar-refractivity contribution is -0.132. The maximum Gasteiger partial charge on any atom is 0.333 e.